The summed E-state index contributed by atoms with van der Waals surface area (Å²) in [6, 6.07) is 2.64. The van der Waals surface area contributed by atoms with Crippen molar-refractivity contribution in [2.75, 3.05) is 0 Å². The van der Waals surface area contributed by atoms with Gasteiger partial charge in [0, 0.05) is 24.1 Å². The predicted octanol–water partition coefficient (Wildman–Crippen LogP) is 2.09. The average molecular weight is 408 g/mol. The number of non-ortho nitro benzene ring substituents is 1. The van der Waals surface area contributed by atoms with Gasteiger partial charge < -0.3 is 15.3 Å². The monoisotopic (exact) mass is 408 g/mol. The second kappa shape index (κ2) is 7.78. The number of carbonyl (C=O) groups is 3. The Hall–Kier alpha value is -3.01. The topological polar surface area (TPSA) is 167 Å². The summed E-state index contributed by atoms with van der Waals surface area (Å²) in [7, 11) is 0. The summed E-state index contributed by atoms with van der Waals surface area (Å²) >= 11 is 0. The number of benzene rings is 1. The van der Waals surface area contributed by atoms with Gasteiger partial charge in [0.1, 0.15) is 11.5 Å². The van der Waals surface area contributed by atoms with Crippen LogP contribution in [0.2, 0.25) is 0 Å². The Balaban J connectivity index is 2.97. The fourth-order valence-electron chi connectivity index (χ4n) is 4.90. The van der Waals surface area contributed by atoms with Gasteiger partial charge in [-0.25, -0.2) is 0 Å². The number of hydrogen-bond acceptors (Lipinski definition) is 6. The lowest BCUT2D eigenvalue weighted by Crippen LogP contribution is -2.72. The van der Waals surface area contributed by atoms with Crippen molar-refractivity contribution in [2.45, 2.75) is 51.6 Å². The number of nitro groups is 1. The second-order valence-electron chi connectivity index (χ2n) is 7.34. The van der Waals surface area contributed by atoms with Gasteiger partial charge in [-0.15, -0.1) is 0 Å². The highest BCUT2D eigenvalue weighted by molar-refractivity contribution is 5.90. The van der Waals surface area contributed by atoms with E-state index in [1.807, 2.05) is 0 Å². The van der Waals surface area contributed by atoms with Gasteiger partial charge in [0.05, 0.1) is 10.3 Å². The lowest BCUT2D eigenvalue weighted by Gasteiger charge is -2.56. The molecule has 2 rings (SSSR count). The van der Waals surface area contributed by atoms with E-state index in [2.05, 4.69) is 5.32 Å². The molecule has 1 aromatic carbocycles. The maximum Gasteiger partial charge on any atom is 0.321 e. The van der Waals surface area contributed by atoms with Crippen molar-refractivity contribution in [3.05, 3.63) is 39.9 Å². The van der Waals surface area contributed by atoms with E-state index >= 15 is 0 Å². The number of carboxylic acids is 3. The first-order valence-electron chi connectivity index (χ1n) is 9.20. The molecule has 10 heteroatoms. The molecule has 5 atom stereocenters. The Kier molecular flexibility index (Phi) is 5.98. The van der Waals surface area contributed by atoms with Gasteiger partial charge in [0.2, 0.25) is 0 Å². The molecule has 0 aromatic heterocycles. The van der Waals surface area contributed by atoms with Gasteiger partial charge >= 0.3 is 17.9 Å². The third-order valence-electron chi connectivity index (χ3n) is 6.36. The molecule has 1 heterocycles. The molecule has 0 amide bonds. The molecule has 0 radical (unpaired) electrons. The standard InChI is InChI=1S/C19H24N2O8/c1-4-18(16(24)25)10(3)20-14(15(22)23)19(5-2,17(26)27)13(18)11-7-6-8-12(9-11)21(28)29/h6-10,13-14,20H,4-5H2,1-3H3,(H,22,23)(H,24,25)(H,26,27). The number of rotatable bonds is 7. The van der Waals surface area contributed by atoms with E-state index in [1.54, 1.807) is 6.92 Å². The quantitative estimate of drug-likeness (QED) is 0.390. The van der Waals surface area contributed by atoms with Crippen molar-refractivity contribution in [3.8, 4) is 0 Å². The zero-order valence-corrected chi connectivity index (χ0v) is 16.3. The number of carboxylic acid groups (broad SMARTS) is 3. The molecule has 0 aliphatic carbocycles. The van der Waals surface area contributed by atoms with Crippen molar-refractivity contribution in [1.29, 1.82) is 0 Å². The van der Waals surface area contributed by atoms with Crippen LogP contribution in [0.4, 0.5) is 5.69 Å². The van der Waals surface area contributed by atoms with Gasteiger partial charge in [0.25, 0.3) is 5.69 Å². The first kappa shape index (κ1) is 22.3. The molecule has 0 bridgehead atoms. The van der Waals surface area contributed by atoms with E-state index < -0.39 is 51.7 Å². The maximum absolute atomic E-state index is 12.5. The third-order valence-corrected chi connectivity index (χ3v) is 6.36. The first-order chi connectivity index (χ1) is 13.5. The molecule has 1 aromatic rings. The van der Waals surface area contributed by atoms with Crippen LogP contribution < -0.4 is 5.32 Å². The molecule has 158 valence electrons. The van der Waals surface area contributed by atoms with Gasteiger partial charge in [-0.2, -0.15) is 0 Å². The van der Waals surface area contributed by atoms with E-state index in [0.717, 1.165) is 6.07 Å². The number of nitrogens with zero attached hydrogens (tertiary/aromatic N) is 1. The lowest BCUT2D eigenvalue weighted by atomic mass is 9.50. The number of aliphatic carboxylic acids is 3. The smallest absolute Gasteiger partial charge is 0.321 e. The molecule has 1 aliphatic rings. The minimum Gasteiger partial charge on any atom is -0.481 e. The fraction of sp³-hybridized carbons (Fsp3) is 0.526. The van der Waals surface area contributed by atoms with Crippen molar-refractivity contribution >= 4 is 23.6 Å². The van der Waals surface area contributed by atoms with Crippen LogP contribution in [-0.2, 0) is 14.4 Å². The van der Waals surface area contributed by atoms with Crippen LogP contribution in [0, 0.1) is 20.9 Å². The summed E-state index contributed by atoms with van der Waals surface area (Å²) in [5.41, 5.74) is -3.95. The van der Waals surface area contributed by atoms with Crippen molar-refractivity contribution < 1.29 is 34.6 Å². The highest BCUT2D eigenvalue weighted by Gasteiger charge is 2.68. The van der Waals surface area contributed by atoms with Crippen LogP contribution in [0.1, 0.15) is 45.1 Å². The molecule has 1 aliphatic heterocycles. The molecule has 1 saturated heterocycles. The molecular weight excluding hydrogens is 384 g/mol. The van der Waals surface area contributed by atoms with Crippen molar-refractivity contribution in [2.24, 2.45) is 10.8 Å². The van der Waals surface area contributed by atoms with Crippen LogP contribution in [-0.4, -0.2) is 50.2 Å². The summed E-state index contributed by atoms with van der Waals surface area (Å²) in [5, 5.41) is 44.1. The molecular formula is C19H24N2O8. The predicted molar refractivity (Wildman–Crippen MR) is 101 cm³/mol. The molecule has 10 nitrogen and oxygen atoms in total. The minimum atomic E-state index is -2.04. The normalized spacial score (nSPS) is 31.8. The summed E-state index contributed by atoms with van der Waals surface area (Å²) < 4.78 is 0. The van der Waals surface area contributed by atoms with Crippen LogP contribution in [0.3, 0.4) is 0 Å². The zero-order chi connectivity index (χ0) is 22.1. The van der Waals surface area contributed by atoms with E-state index in [9.17, 15) is 39.8 Å². The second-order valence-corrected chi connectivity index (χ2v) is 7.34. The largest absolute Gasteiger partial charge is 0.481 e. The van der Waals surface area contributed by atoms with Gasteiger partial charge in [-0.05, 0) is 25.3 Å². The minimum absolute atomic E-state index is 0.00870. The number of hydrogen-bond donors (Lipinski definition) is 4. The van der Waals surface area contributed by atoms with Crippen LogP contribution in [0.25, 0.3) is 0 Å². The highest BCUT2D eigenvalue weighted by atomic mass is 16.6. The molecule has 5 unspecified atom stereocenters. The molecule has 4 N–H and O–H groups in total. The van der Waals surface area contributed by atoms with E-state index in [1.165, 1.54) is 32.0 Å². The molecule has 1 fully saturated rings. The molecule has 0 spiro atoms. The van der Waals surface area contributed by atoms with Crippen LogP contribution >= 0.6 is 0 Å². The fourth-order valence-corrected chi connectivity index (χ4v) is 4.90. The highest BCUT2D eigenvalue weighted by Crippen LogP contribution is 2.58. The Bertz CT molecular complexity index is 856. The van der Waals surface area contributed by atoms with Crippen molar-refractivity contribution in [3.63, 3.8) is 0 Å². The zero-order valence-electron chi connectivity index (χ0n) is 16.3. The number of nitrogens with one attached hydrogen (secondary N) is 1. The van der Waals surface area contributed by atoms with E-state index in [0.29, 0.717) is 0 Å². The van der Waals surface area contributed by atoms with Crippen LogP contribution in [0.15, 0.2) is 24.3 Å². The van der Waals surface area contributed by atoms with Crippen LogP contribution in [0.5, 0.6) is 0 Å². The number of nitro benzene ring substituents is 1. The average Bonchev–Trinajstić information content (AvgIpc) is 2.66. The summed E-state index contributed by atoms with van der Waals surface area (Å²) in [5.74, 6) is -5.51. The maximum atomic E-state index is 12.5. The molecule has 29 heavy (non-hydrogen) atoms. The lowest BCUT2D eigenvalue weighted by molar-refractivity contribution is -0.385. The summed E-state index contributed by atoms with van der Waals surface area (Å²) in [6.45, 7) is 4.56. The van der Waals surface area contributed by atoms with E-state index in [4.69, 9.17) is 0 Å². The van der Waals surface area contributed by atoms with E-state index in [-0.39, 0.29) is 24.1 Å². The van der Waals surface area contributed by atoms with Gasteiger partial charge in [-0.1, -0.05) is 26.0 Å². The first-order valence-corrected chi connectivity index (χ1v) is 9.20. The Labute approximate surface area is 166 Å². The third kappa shape index (κ3) is 3.13. The van der Waals surface area contributed by atoms with Gasteiger partial charge in [0.15, 0.2) is 0 Å². The SMILES string of the molecule is CCC1(C(=O)O)C(C)NC(C(=O)O)C(CC)(C(=O)O)C1c1cccc([N+](=O)[O-])c1. The summed E-state index contributed by atoms with van der Waals surface area (Å²) in [6.07, 6.45) is -0.202. The Morgan fingerprint density at radius 1 is 1.10 bits per heavy atom. The molecule has 0 saturated carbocycles. The Morgan fingerprint density at radius 2 is 1.66 bits per heavy atom. The van der Waals surface area contributed by atoms with Crippen molar-refractivity contribution in [1.82, 2.24) is 5.32 Å². The van der Waals surface area contributed by atoms with Gasteiger partial charge in [-0.3, -0.25) is 29.8 Å². The summed E-state index contributed by atoms with van der Waals surface area (Å²) in [4.78, 5) is 47.7. The number of piperidine rings is 1. The Morgan fingerprint density at radius 3 is 2.07 bits per heavy atom.